The zero-order chi connectivity index (χ0) is 15.0. The van der Waals surface area contributed by atoms with Crippen LogP contribution in [0.4, 0.5) is 13.2 Å². The van der Waals surface area contributed by atoms with Crippen molar-refractivity contribution in [2.75, 3.05) is 13.1 Å². The van der Waals surface area contributed by atoms with Gasteiger partial charge in [-0.1, -0.05) is 17.7 Å². The van der Waals surface area contributed by atoms with E-state index in [1.807, 2.05) is 0 Å². The second kappa shape index (κ2) is 5.69. The lowest BCUT2D eigenvalue weighted by molar-refractivity contribution is -0.139. The number of halogens is 4. The van der Waals surface area contributed by atoms with E-state index in [4.69, 9.17) is 16.3 Å². The third-order valence-corrected chi connectivity index (χ3v) is 4.49. The van der Waals surface area contributed by atoms with Crippen LogP contribution in [0.15, 0.2) is 18.2 Å². The molecule has 2 aliphatic rings. The number of benzene rings is 1. The van der Waals surface area contributed by atoms with Crippen molar-refractivity contribution < 1.29 is 17.9 Å². The highest BCUT2D eigenvalue weighted by molar-refractivity contribution is 6.31. The molecule has 1 unspecified atom stereocenters. The summed E-state index contributed by atoms with van der Waals surface area (Å²) in [7, 11) is 0. The van der Waals surface area contributed by atoms with Crippen molar-refractivity contribution in [1.82, 2.24) is 5.32 Å². The average molecular weight is 320 g/mol. The Hall–Kier alpha value is -0.940. The van der Waals surface area contributed by atoms with Gasteiger partial charge in [0.1, 0.15) is 17.4 Å². The summed E-state index contributed by atoms with van der Waals surface area (Å²) in [5, 5.41) is 2.94. The highest BCUT2D eigenvalue weighted by Crippen LogP contribution is 2.44. The zero-order valence-electron chi connectivity index (χ0n) is 11.4. The van der Waals surface area contributed by atoms with Crippen LogP contribution in [-0.2, 0) is 6.18 Å². The molecule has 0 aromatic heterocycles. The van der Waals surface area contributed by atoms with Crippen molar-refractivity contribution in [1.29, 1.82) is 0 Å². The molecule has 1 heterocycles. The molecule has 1 aromatic carbocycles. The first-order chi connectivity index (χ1) is 9.97. The van der Waals surface area contributed by atoms with Gasteiger partial charge in [-0.2, -0.15) is 13.2 Å². The minimum Gasteiger partial charge on any atom is -0.489 e. The molecule has 1 saturated heterocycles. The van der Waals surface area contributed by atoms with Crippen molar-refractivity contribution in [3.05, 3.63) is 28.8 Å². The van der Waals surface area contributed by atoms with E-state index in [2.05, 4.69) is 5.32 Å². The summed E-state index contributed by atoms with van der Waals surface area (Å²) in [6, 6.07) is 4.12. The lowest BCUT2D eigenvalue weighted by Gasteiger charge is -2.26. The van der Waals surface area contributed by atoms with E-state index in [9.17, 15) is 13.2 Å². The fourth-order valence-corrected chi connectivity index (χ4v) is 3.26. The molecule has 1 N–H and O–H groups in total. The summed E-state index contributed by atoms with van der Waals surface area (Å²) in [6.07, 6.45) is -1.65. The highest BCUT2D eigenvalue weighted by Gasteiger charge is 2.42. The Kier molecular flexibility index (Phi) is 4.06. The minimum absolute atomic E-state index is 0.140. The minimum atomic E-state index is -4.50. The van der Waals surface area contributed by atoms with Crippen LogP contribution >= 0.6 is 11.6 Å². The summed E-state index contributed by atoms with van der Waals surface area (Å²) in [4.78, 5) is 0. The lowest BCUT2D eigenvalue weighted by Crippen LogP contribution is -2.31. The molecule has 1 aromatic rings. The SMILES string of the molecule is FC(F)(F)c1c(Cl)cccc1OC(C1CC1)[C@H]1CCNC1. The van der Waals surface area contributed by atoms with Crippen LogP contribution < -0.4 is 10.1 Å². The third-order valence-electron chi connectivity index (χ3n) is 4.17. The second-order valence-corrected chi connectivity index (χ2v) is 6.19. The van der Waals surface area contributed by atoms with Gasteiger partial charge in [0.2, 0.25) is 0 Å². The molecule has 21 heavy (non-hydrogen) atoms. The first kappa shape index (κ1) is 15.0. The molecule has 0 bridgehead atoms. The number of ether oxygens (including phenoxy) is 1. The summed E-state index contributed by atoms with van der Waals surface area (Å²) in [5.74, 6) is 0.506. The Bertz CT molecular complexity index is 510. The first-order valence-electron chi connectivity index (χ1n) is 7.20. The molecule has 0 amide bonds. The van der Waals surface area contributed by atoms with Crippen molar-refractivity contribution in [2.45, 2.75) is 31.5 Å². The molecule has 6 heteroatoms. The Morgan fingerprint density at radius 3 is 2.52 bits per heavy atom. The maximum absolute atomic E-state index is 13.2. The molecule has 0 radical (unpaired) electrons. The van der Waals surface area contributed by atoms with E-state index in [1.165, 1.54) is 18.2 Å². The van der Waals surface area contributed by atoms with Crippen LogP contribution in [0, 0.1) is 11.8 Å². The molecule has 2 atom stereocenters. The molecule has 3 rings (SSSR count). The van der Waals surface area contributed by atoms with Gasteiger partial charge in [-0.15, -0.1) is 0 Å². The number of nitrogens with one attached hydrogen (secondary N) is 1. The quantitative estimate of drug-likeness (QED) is 0.901. The maximum atomic E-state index is 13.2. The van der Waals surface area contributed by atoms with Gasteiger partial charge in [-0.05, 0) is 43.9 Å². The highest BCUT2D eigenvalue weighted by atomic mass is 35.5. The fourth-order valence-electron chi connectivity index (χ4n) is 2.98. The van der Waals surface area contributed by atoms with Gasteiger partial charge in [0.05, 0.1) is 5.02 Å². The number of rotatable bonds is 4. The van der Waals surface area contributed by atoms with E-state index in [0.717, 1.165) is 32.4 Å². The summed E-state index contributed by atoms with van der Waals surface area (Å²) < 4.78 is 45.3. The Balaban J connectivity index is 1.87. The van der Waals surface area contributed by atoms with Crippen LogP contribution in [0.1, 0.15) is 24.8 Å². The van der Waals surface area contributed by atoms with Gasteiger partial charge in [0.25, 0.3) is 0 Å². The molecule has 1 aliphatic heterocycles. The predicted octanol–water partition coefficient (Wildman–Crippen LogP) is 4.13. The second-order valence-electron chi connectivity index (χ2n) is 5.78. The smallest absolute Gasteiger partial charge is 0.421 e. The summed E-state index contributed by atoms with van der Waals surface area (Å²) in [6.45, 7) is 1.71. The lowest BCUT2D eigenvalue weighted by atomic mass is 9.97. The molecule has 0 spiro atoms. The topological polar surface area (TPSA) is 21.3 Å². The first-order valence-corrected chi connectivity index (χ1v) is 7.57. The van der Waals surface area contributed by atoms with E-state index in [-0.39, 0.29) is 22.8 Å². The van der Waals surface area contributed by atoms with Gasteiger partial charge in [0.15, 0.2) is 0 Å². The van der Waals surface area contributed by atoms with Crippen molar-refractivity contribution in [3.63, 3.8) is 0 Å². The van der Waals surface area contributed by atoms with E-state index in [0.29, 0.717) is 5.92 Å². The normalized spacial score (nSPS) is 24.1. The third kappa shape index (κ3) is 3.29. The van der Waals surface area contributed by atoms with E-state index < -0.39 is 11.7 Å². The Morgan fingerprint density at radius 2 is 1.95 bits per heavy atom. The summed E-state index contributed by atoms with van der Waals surface area (Å²) >= 11 is 5.74. The summed E-state index contributed by atoms with van der Waals surface area (Å²) in [5.41, 5.74) is -0.858. The maximum Gasteiger partial charge on any atom is 0.421 e. The van der Waals surface area contributed by atoms with Crippen molar-refractivity contribution >= 4 is 11.6 Å². The van der Waals surface area contributed by atoms with Crippen LogP contribution in [0.3, 0.4) is 0 Å². The van der Waals surface area contributed by atoms with Gasteiger partial charge >= 0.3 is 6.18 Å². The molecule has 2 nitrogen and oxygen atoms in total. The van der Waals surface area contributed by atoms with Gasteiger partial charge < -0.3 is 10.1 Å². The Labute approximate surface area is 126 Å². The Morgan fingerprint density at radius 1 is 1.19 bits per heavy atom. The predicted molar refractivity (Wildman–Crippen MR) is 74.6 cm³/mol. The van der Waals surface area contributed by atoms with Crippen LogP contribution in [0.5, 0.6) is 5.75 Å². The number of hydrogen-bond acceptors (Lipinski definition) is 2. The zero-order valence-corrected chi connectivity index (χ0v) is 12.2. The number of hydrogen-bond donors (Lipinski definition) is 1. The largest absolute Gasteiger partial charge is 0.489 e. The van der Waals surface area contributed by atoms with E-state index >= 15 is 0 Å². The van der Waals surface area contributed by atoms with Gasteiger partial charge in [-0.3, -0.25) is 0 Å². The van der Waals surface area contributed by atoms with Crippen LogP contribution in [-0.4, -0.2) is 19.2 Å². The van der Waals surface area contributed by atoms with Gasteiger partial charge in [0, 0.05) is 12.5 Å². The molecule has 2 fully saturated rings. The van der Waals surface area contributed by atoms with Crippen molar-refractivity contribution in [3.8, 4) is 5.75 Å². The number of alkyl halides is 3. The molecule has 116 valence electrons. The molecular formula is C15H17ClF3NO. The molecule has 1 aliphatic carbocycles. The van der Waals surface area contributed by atoms with E-state index in [1.54, 1.807) is 0 Å². The van der Waals surface area contributed by atoms with Crippen LogP contribution in [0.25, 0.3) is 0 Å². The molecule has 1 saturated carbocycles. The fraction of sp³-hybridized carbons (Fsp3) is 0.600. The van der Waals surface area contributed by atoms with Crippen molar-refractivity contribution in [2.24, 2.45) is 11.8 Å². The monoisotopic (exact) mass is 319 g/mol. The molecular weight excluding hydrogens is 303 g/mol. The average Bonchev–Trinajstić information content (AvgIpc) is 3.09. The van der Waals surface area contributed by atoms with Gasteiger partial charge in [-0.25, -0.2) is 0 Å². The standard InChI is InChI=1S/C15H17ClF3NO/c16-11-2-1-3-12(13(11)15(17,18)19)21-14(9-4-5-9)10-6-7-20-8-10/h1-3,9-10,14,20H,4-8H2/t10-,14?/m0/s1. The van der Waals surface area contributed by atoms with Crippen LogP contribution in [0.2, 0.25) is 5.02 Å².